The Bertz CT molecular complexity index is 813. The van der Waals surface area contributed by atoms with Crippen molar-refractivity contribution in [2.75, 3.05) is 0 Å². The third-order valence-electron chi connectivity index (χ3n) is 3.25. The molecule has 0 amide bonds. The Morgan fingerprint density at radius 1 is 1.09 bits per heavy atom. The zero-order valence-corrected chi connectivity index (χ0v) is 13.0. The molecule has 7 heteroatoms. The van der Waals surface area contributed by atoms with Crippen molar-refractivity contribution in [3.05, 3.63) is 65.7 Å². The number of aryl methyl sites for hydroxylation is 1. The molecule has 0 radical (unpaired) electrons. The summed E-state index contributed by atoms with van der Waals surface area (Å²) in [6.45, 7) is 1.78. The molecule has 0 heterocycles. The van der Waals surface area contributed by atoms with Crippen molar-refractivity contribution in [3.8, 4) is 6.07 Å². The Morgan fingerprint density at radius 3 is 2.17 bits per heavy atom. The minimum absolute atomic E-state index is 0.00902. The third-order valence-corrected chi connectivity index (χ3v) is 4.69. The molecule has 0 aliphatic carbocycles. The van der Waals surface area contributed by atoms with Crippen LogP contribution in [-0.2, 0) is 10.0 Å². The SMILES string of the molecule is Cc1ccc(S(=O)(=O)NC(c2ccccc2)C(F)(F)C#N)cc1. The van der Waals surface area contributed by atoms with E-state index in [0.717, 1.165) is 11.6 Å². The average Bonchev–Trinajstić information content (AvgIpc) is 2.54. The van der Waals surface area contributed by atoms with Crippen molar-refractivity contribution < 1.29 is 17.2 Å². The summed E-state index contributed by atoms with van der Waals surface area (Å²) in [7, 11) is -4.20. The van der Waals surface area contributed by atoms with E-state index in [-0.39, 0.29) is 10.5 Å². The number of alkyl halides is 2. The largest absolute Gasteiger partial charge is 0.351 e. The Kier molecular flexibility index (Phi) is 4.78. The molecule has 1 atom stereocenters. The summed E-state index contributed by atoms with van der Waals surface area (Å²) in [4.78, 5) is -0.141. The molecule has 0 aliphatic rings. The van der Waals surface area contributed by atoms with Crippen LogP contribution in [0, 0.1) is 18.3 Å². The number of halogens is 2. The van der Waals surface area contributed by atoms with Crippen molar-refractivity contribution in [1.29, 1.82) is 5.26 Å². The van der Waals surface area contributed by atoms with Crippen LogP contribution < -0.4 is 4.72 Å². The van der Waals surface area contributed by atoms with Gasteiger partial charge >= 0.3 is 5.92 Å². The van der Waals surface area contributed by atoms with E-state index in [1.165, 1.54) is 36.4 Å². The summed E-state index contributed by atoms with van der Waals surface area (Å²) in [6.07, 6.45) is 0. The number of hydrogen-bond donors (Lipinski definition) is 1. The first kappa shape index (κ1) is 17.1. The number of nitrogens with one attached hydrogen (secondary N) is 1. The molecule has 120 valence electrons. The summed E-state index contributed by atoms with van der Waals surface area (Å²) in [6, 6.07) is 12.0. The van der Waals surface area contributed by atoms with Crippen LogP contribution in [0.2, 0.25) is 0 Å². The fourth-order valence-electron chi connectivity index (χ4n) is 2.00. The van der Waals surface area contributed by atoms with Crippen molar-refractivity contribution in [3.63, 3.8) is 0 Å². The van der Waals surface area contributed by atoms with Gasteiger partial charge in [0, 0.05) is 0 Å². The maximum Gasteiger partial charge on any atom is 0.351 e. The lowest BCUT2D eigenvalue weighted by molar-refractivity contribution is 0.0280. The van der Waals surface area contributed by atoms with Gasteiger partial charge in [0.2, 0.25) is 10.0 Å². The van der Waals surface area contributed by atoms with Crippen molar-refractivity contribution in [1.82, 2.24) is 4.72 Å². The van der Waals surface area contributed by atoms with Crippen molar-refractivity contribution in [2.45, 2.75) is 23.8 Å². The minimum atomic E-state index is -4.20. The van der Waals surface area contributed by atoms with E-state index in [1.807, 2.05) is 4.72 Å². The molecule has 0 fully saturated rings. The highest BCUT2D eigenvalue weighted by atomic mass is 32.2. The predicted octanol–water partition coefficient (Wildman–Crippen LogP) is 3.17. The quantitative estimate of drug-likeness (QED) is 0.912. The van der Waals surface area contributed by atoms with Crippen LogP contribution in [-0.4, -0.2) is 14.3 Å². The van der Waals surface area contributed by atoms with Gasteiger partial charge in [-0.25, -0.2) is 8.42 Å². The smallest absolute Gasteiger partial charge is 0.207 e. The number of sulfonamides is 1. The lowest BCUT2D eigenvalue weighted by Crippen LogP contribution is -2.39. The summed E-state index contributed by atoms with van der Waals surface area (Å²) in [5, 5.41) is 8.69. The Labute approximate surface area is 133 Å². The second kappa shape index (κ2) is 6.44. The second-order valence-electron chi connectivity index (χ2n) is 5.01. The van der Waals surface area contributed by atoms with Crippen LogP contribution in [0.1, 0.15) is 17.2 Å². The first-order valence-electron chi connectivity index (χ1n) is 6.69. The molecule has 2 rings (SSSR count). The Hall–Kier alpha value is -2.30. The predicted molar refractivity (Wildman–Crippen MR) is 81.2 cm³/mol. The molecule has 0 saturated carbocycles. The normalized spacial score (nSPS) is 13.3. The maximum absolute atomic E-state index is 13.9. The standard InChI is InChI=1S/C16H14F2N2O2S/c1-12-7-9-14(10-8-12)23(21,22)20-15(16(17,18)11-19)13-5-3-2-4-6-13/h2-10,15,20H,1H3. The van der Waals surface area contributed by atoms with Gasteiger partial charge in [0.15, 0.2) is 0 Å². The molecule has 0 bridgehead atoms. The molecular weight excluding hydrogens is 322 g/mol. The second-order valence-corrected chi connectivity index (χ2v) is 6.73. The first-order valence-corrected chi connectivity index (χ1v) is 8.17. The molecule has 4 nitrogen and oxygen atoms in total. The summed E-state index contributed by atoms with van der Waals surface area (Å²) in [5.41, 5.74) is 0.848. The van der Waals surface area contributed by atoms with Gasteiger partial charge in [-0.3, -0.25) is 0 Å². The van der Waals surface area contributed by atoms with E-state index in [2.05, 4.69) is 0 Å². The highest BCUT2D eigenvalue weighted by Gasteiger charge is 2.43. The van der Waals surface area contributed by atoms with Crippen LogP contribution in [0.25, 0.3) is 0 Å². The monoisotopic (exact) mass is 336 g/mol. The molecule has 23 heavy (non-hydrogen) atoms. The Balaban J connectivity index is 2.42. The fraction of sp³-hybridized carbons (Fsp3) is 0.188. The van der Waals surface area contributed by atoms with Gasteiger partial charge < -0.3 is 0 Å². The van der Waals surface area contributed by atoms with Gasteiger partial charge in [0.25, 0.3) is 0 Å². The number of nitriles is 1. The van der Waals surface area contributed by atoms with Crippen LogP contribution in [0.5, 0.6) is 0 Å². The van der Waals surface area contributed by atoms with E-state index >= 15 is 0 Å². The third kappa shape index (κ3) is 3.92. The van der Waals surface area contributed by atoms with E-state index < -0.39 is 22.0 Å². The van der Waals surface area contributed by atoms with Gasteiger partial charge in [-0.1, -0.05) is 48.0 Å². The number of nitrogens with zero attached hydrogens (tertiary/aromatic N) is 1. The number of rotatable bonds is 5. The van der Waals surface area contributed by atoms with Gasteiger partial charge in [-0.05, 0) is 24.6 Å². The van der Waals surface area contributed by atoms with Gasteiger partial charge in [0.05, 0.1) is 4.90 Å². The van der Waals surface area contributed by atoms with E-state index in [4.69, 9.17) is 5.26 Å². The van der Waals surface area contributed by atoms with E-state index in [1.54, 1.807) is 25.1 Å². The van der Waals surface area contributed by atoms with E-state index in [0.29, 0.717) is 0 Å². The van der Waals surface area contributed by atoms with Crippen molar-refractivity contribution in [2.24, 2.45) is 0 Å². The van der Waals surface area contributed by atoms with Gasteiger partial charge in [0.1, 0.15) is 12.1 Å². The molecular formula is C16H14F2N2O2S. The van der Waals surface area contributed by atoms with Crippen LogP contribution in [0.4, 0.5) is 8.78 Å². The molecule has 0 aromatic heterocycles. The zero-order valence-electron chi connectivity index (χ0n) is 12.2. The highest BCUT2D eigenvalue weighted by Crippen LogP contribution is 2.32. The molecule has 0 aliphatic heterocycles. The molecule has 1 N–H and O–H groups in total. The van der Waals surface area contributed by atoms with Crippen LogP contribution in [0.15, 0.2) is 59.5 Å². The van der Waals surface area contributed by atoms with Gasteiger partial charge in [-0.15, -0.1) is 0 Å². The topological polar surface area (TPSA) is 70.0 Å². The lowest BCUT2D eigenvalue weighted by Gasteiger charge is -2.23. The number of hydrogen-bond acceptors (Lipinski definition) is 3. The Morgan fingerprint density at radius 2 is 1.65 bits per heavy atom. The lowest BCUT2D eigenvalue weighted by atomic mass is 10.0. The average molecular weight is 336 g/mol. The summed E-state index contributed by atoms with van der Waals surface area (Å²) in [5.74, 6) is -3.89. The zero-order chi connectivity index (χ0) is 17.1. The van der Waals surface area contributed by atoms with Crippen LogP contribution >= 0.6 is 0 Å². The van der Waals surface area contributed by atoms with Crippen LogP contribution in [0.3, 0.4) is 0 Å². The van der Waals surface area contributed by atoms with Crippen molar-refractivity contribution >= 4 is 10.0 Å². The fourth-order valence-corrected chi connectivity index (χ4v) is 3.23. The summed E-state index contributed by atoms with van der Waals surface area (Å²) < 4.78 is 54.5. The molecule has 0 spiro atoms. The summed E-state index contributed by atoms with van der Waals surface area (Å²) >= 11 is 0. The molecule has 2 aromatic rings. The maximum atomic E-state index is 13.9. The van der Waals surface area contributed by atoms with E-state index in [9.17, 15) is 17.2 Å². The number of benzene rings is 2. The molecule has 1 unspecified atom stereocenters. The minimum Gasteiger partial charge on any atom is -0.207 e. The molecule has 0 saturated heterocycles. The molecule has 2 aromatic carbocycles. The van der Waals surface area contributed by atoms with Gasteiger partial charge in [-0.2, -0.15) is 18.8 Å². The highest BCUT2D eigenvalue weighted by molar-refractivity contribution is 7.89. The first-order chi connectivity index (χ1) is 10.8.